The van der Waals surface area contributed by atoms with E-state index in [0.717, 1.165) is 9.37 Å². The predicted molar refractivity (Wildman–Crippen MR) is 75.4 cm³/mol. The molecule has 0 atom stereocenters. The van der Waals surface area contributed by atoms with Crippen LogP contribution in [0, 0.1) is 0 Å². The summed E-state index contributed by atoms with van der Waals surface area (Å²) in [5.41, 5.74) is -0.217. The number of carboxylic acid groups (broad SMARTS) is 1. The molecule has 6 heteroatoms. The van der Waals surface area contributed by atoms with Crippen molar-refractivity contribution >= 4 is 33.7 Å². The Morgan fingerprint density at radius 3 is 2.47 bits per heavy atom. The number of hydrogen-bond acceptors (Lipinski definition) is 3. The van der Waals surface area contributed by atoms with Gasteiger partial charge in [-0.15, -0.1) is 0 Å². The van der Waals surface area contributed by atoms with Gasteiger partial charge in [0.25, 0.3) is 0 Å². The minimum Gasteiger partial charge on any atom is -0.480 e. The van der Waals surface area contributed by atoms with Gasteiger partial charge in [0.1, 0.15) is 12.1 Å². The van der Waals surface area contributed by atoms with Gasteiger partial charge in [0, 0.05) is 10.2 Å². The summed E-state index contributed by atoms with van der Waals surface area (Å²) in [4.78, 5) is 24.0. The molecule has 104 valence electrons. The highest BCUT2D eigenvalue weighted by atomic mass is 79.9. The number of carboxylic acids is 1. The van der Waals surface area contributed by atoms with E-state index in [0.29, 0.717) is 5.69 Å². The molecule has 0 saturated carbocycles. The Balaban J connectivity index is 3.01. The summed E-state index contributed by atoms with van der Waals surface area (Å²) >= 11 is 3.28. The van der Waals surface area contributed by atoms with E-state index in [2.05, 4.69) is 15.9 Å². The molecule has 1 aromatic carbocycles. The third-order valence-electron chi connectivity index (χ3n) is 2.03. The van der Waals surface area contributed by atoms with Gasteiger partial charge in [-0.3, -0.25) is 9.69 Å². The van der Waals surface area contributed by atoms with E-state index < -0.39 is 24.2 Å². The lowest BCUT2D eigenvalue weighted by Crippen LogP contribution is -2.40. The predicted octanol–water partition coefficient (Wildman–Crippen LogP) is 3.28. The van der Waals surface area contributed by atoms with Crippen molar-refractivity contribution in [2.45, 2.75) is 26.4 Å². The highest BCUT2D eigenvalue weighted by Gasteiger charge is 2.25. The Morgan fingerprint density at radius 2 is 2.00 bits per heavy atom. The maximum atomic E-state index is 12.0. The number of ether oxygens (including phenoxy) is 1. The fourth-order valence-electron chi connectivity index (χ4n) is 1.36. The number of amides is 1. The van der Waals surface area contributed by atoms with Crippen molar-refractivity contribution in [1.29, 1.82) is 0 Å². The van der Waals surface area contributed by atoms with Gasteiger partial charge in [-0.2, -0.15) is 0 Å². The molecule has 1 amide bonds. The van der Waals surface area contributed by atoms with Gasteiger partial charge in [0.15, 0.2) is 0 Å². The average molecular weight is 330 g/mol. The first-order chi connectivity index (χ1) is 8.69. The number of rotatable bonds is 3. The van der Waals surface area contributed by atoms with E-state index in [9.17, 15) is 9.59 Å². The van der Waals surface area contributed by atoms with Crippen molar-refractivity contribution in [2.24, 2.45) is 0 Å². The second-order valence-electron chi connectivity index (χ2n) is 4.94. The summed E-state index contributed by atoms with van der Waals surface area (Å²) < 4.78 is 5.96. The SMILES string of the molecule is CC(C)(C)OC(=O)N(CC(=O)O)c1cccc(Br)c1. The number of aliphatic carboxylic acids is 1. The van der Waals surface area contributed by atoms with E-state index in [1.807, 2.05) is 0 Å². The van der Waals surface area contributed by atoms with Crippen molar-refractivity contribution < 1.29 is 19.4 Å². The topological polar surface area (TPSA) is 66.8 Å². The first-order valence-electron chi connectivity index (χ1n) is 5.67. The molecule has 19 heavy (non-hydrogen) atoms. The van der Waals surface area contributed by atoms with Gasteiger partial charge < -0.3 is 9.84 Å². The molecule has 0 aliphatic rings. The second-order valence-corrected chi connectivity index (χ2v) is 5.86. The summed E-state index contributed by atoms with van der Waals surface area (Å²) in [5, 5.41) is 8.90. The summed E-state index contributed by atoms with van der Waals surface area (Å²) in [5.74, 6) is -1.11. The summed E-state index contributed by atoms with van der Waals surface area (Å²) in [6.45, 7) is 4.73. The molecule has 1 aromatic rings. The van der Waals surface area contributed by atoms with Gasteiger partial charge in [-0.25, -0.2) is 4.79 Å². The number of halogens is 1. The van der Waals surface area contributed by atoms with E-state index in [-0.39, 0.29) is 0 Å². The molecular formula is C13H16BrNO4. The monoisotopic (exact) mass is 329 g/mol. The summed E-state index contributed by atoms with van der Waals surface area (Å²) in [6.07, 6.45) is -0.687. The van der Waals surface area contributed by atoms with E-state index in [4.69, 9.17) is 9.84 Å². The third kappa shape index (κ3) is 5.30. The fraction of sp³-hybridized carbons (Fsp3) is 0.385. The van der Waals surface area contributed by atoms with E-state index in [1.54, 1.807) is 45.0 Å². The second kappa shape index (κ2) is 6.06. The van der Waals surface area contributed by atoms with Crippen molar-refractivity contribution in [2.75, 3.05) is 11.4 Å². The van der Waals surface area contributed by atoms with Crippen molar-refractivity contribution in [1.82, 2.24) is 0 Å². The van der Waals surface area contributed by atoms with Crippen LogP contribution in [-0.2, 0) is 9.53 Å². The largest absolute Gasteiger partial charge is 0.480 e. The van der Waals surface area contributed by atoms with Gasteiger partial charge in [-0.1, -0.05) is 22.0 Å². The maximum absolute atomic E-state index is 12.0. The minimum atomic E-state index is -1.11. The standard InChI is InChI=1S/C13H16BrNO4/c1-13(2,3)19-12(18)15(8-11(16)17)10-6-4-5-9(14)7-10/h4-7H,8H2,1-3H3,(H,16,17). The Hall–Kier alpha value is -1.56. The van der Waals surface area contributed by atoms with Crippen LogP contribution in [0.4, 0.5) is 10.5 Å². The molecule has 5 nitrogen and oxygen atoms in total. The quantitative estimate of drug-likeness (QED) is 0.924. The highest BCUT2D eigenvalue weighted by Crippen LogP contribution is 2.22. The van der Waals surface area contributed by atoms with E-state index in [1.165, 1.54) is 0 Å². The Bertz CT molecular complexity index is 482. The average Bonchev–Trinajstić information content (AvgIpc) is 2.23. The molecule has 0 aliphatic heterocycles. The molecule has 1 N–H and O–H groups in total. The van der Waals surface area contributed by atoms with Crippen LogP contribution in [-0.4, -0.2) is 29.3 Å². The molecule has 0 aromatic heterocycles. The molecule has 0 spiro atoms. The minimum absolute atomic E-state index is 0.453. The Kier molecular flexibility index (Phi) is 4.94. The normalized spacial score (nSPS) is 10.9. The number of hydrogen-bond donors (Lipinski definition) is 1. The number of benzene rings is 1. The zero-order valence-corrected chi connectivity index (χ0v) is 12.6. The molecule has 0 heterocycles. The van der Waals surface area contributed by atoms with Crippen molar-refractivity contribution in [3.8, 4) is 0 Å². The van der Waals surface area contributed by atoms with Crippen LogP contribution < -0.4 is 4.90 Å². The zero-order valence-electron chi connectivity index (χ0n) is 11.0. The Morgan fingerprint density at radius 1 is 1.37 bits per heavy atom. The van der Waals surface area contributed by atoms with Crippen LogP contribution in [0.5, 0.6) is 0 Å². The van der Waals surface area contributed by atoms with Gasteiger partial charge in [0.2, 0.25) is 0 Å². The zero-order chi connectivity index (χ0) is 14.6. The number of anilines is 1. The smallest absolute Gasteiger partial charge is 0.415 e. The number of nitrogens with zero attached hydrogens (tertiary/aromatic N) is 1. The van der Waals surface area contributed by atoms with E-state index >= 15 is 0 Å². The van der Waals surface area contributed by atoms with Crippen LogP contribution in [0.3, 0.4) is 0 Å². The van der Waals surface area contributed by atoms with Gasteiger partial charge in [-0.05, 0) is 39.0 Å². The fourth-order valence-corrected chi connectivity index (χ4v) is 1.74. The molecule has 0 aliphatic carbocycles. The molecule has 0 radical (unpaired) electrons. The third-order valence-corrected chi connectivity index (χ3v) is 2.52. The van der Waals surface area contributed by atoms with Crippen molar-refractivity contribution in [3.63, 3.8) is 0 Å². The summed E-state index contributed by atoms with van der Waals surface area (Å²) in [6, 6.07) is 6.82. The number of carbonyl (C=O) groups excluding carboxylic acids is 1. The van der Waals surface area contributed by atoms with Crippen LogP contribution in [0.2, 0.25) is 0 Å². The van der Waals surface area contributed by atoms with Crippen LogP contribution in [0.15, 0.2) is 28.7 Å². The van der Waals surface area contributed by atoms with Crippen LogP contribution >= 0.6 is 15.9 Å². The first-order valence-corrected chi connectivity index (χ1v) is 6.46. The molecule has 0 saturated heterocycles. The van der Waals surface area contributed by atoms with Crippen LogP contribution in [0.1, 0.15) is 20.8 Å². The van der Waals surface area contributed by atoms with Crippen LogP contribution in [0.25, 0.3) is 0 Å². The molecule has 0 bridgehead atoms. The van der Waals surface area contributed by atoms with Gasteiger partial charge >= 0.3 is 12.1 Å². The number of carbonyl (C=O) groups is 2. The molecule has 1 rings (SSSR count). The molecule has 0 fully saturated rings. The van der Waals surface area contributed by atoms with Gasteiger partial charge in [0.05, 0.1) is 0 Å². The first kappa shape index (κ1) is 15.5. The van der Waals surface area contributed by atoms with Crippen molar-refractivity contribution in [3.05, 3.63) is 28.7 Å². The lowest BCUT2D eigenvalue weighted by atomic mass is 10.2. The Labute approximate surface area is 120 Å². The highest BCUT2D eigenvalue weighted by molar-refractivity contribution is 9.10. The lowest BCUT2D eigenvalue weighted by molar-refractivity contribution is -0.135. The lowest BCUT2D eigenvalue weighted by Gasteiger charge is -2.26. The maximum Gasteiger partial charge on any atom is 0.415 e. The molecular weight excluding hydrogens is 314 g/mol. The summed E-state index contributed by atoms with van der Waals surface area (Å²) in [7, 11) is 0. The molecule has 0 unspecified atom stereocenters.